The first-order chi connectivity index (χ1) is 16.5. The number of urea groups is 1. The summed E-state index contributed by atoms with van der Waals surface area (Å²) in [5.74, 6) is 0.783. The van der Waals surface area contributed by atoms with Crippen molar-refractivity contribution in [2.24, 2.45) is 11.8 Å². The van der Waals surface area contributed by atoms with Crippen LogP contribution in [0, 0.1) is 11.8 Å². The fourth-order valence-corrected chi connectivity index (χ4v) is 7.31. The van der Waals surface area contributed by atoms with Crippen molar-refractivity contribution >= 4 is 20.3 Å². The standard InChI is InChI=1S/C27H33N4O2P/c1-18-12-19(2)26(34-17-30(15-18)27(33)29-20-8-4-3-5-9-20)25(32)13-23-21-10-6-7-11-22(21)24-14-28-16-31(23)24/h3-11,14,16,18-19,23,25-26,32,34H,12-13,15,17H2,1-2H3,(H,29,33). The third-order valence-electron chi connectivity index (χ3n) is 7.23. The second-order valence-electron chi connectivity index (χ2n) is 9.82. The number of carbonyl (C=O) groups is 1. The molecule has 0 radical (unpaired) electrons. The maximum Gasteiger partial charge on any atom is 0.322 e. The van der Waals surface area contributed by atoms with Gasteiger partial charge in [-0.05, 0) is 42.4 Å². The first-order valence-electron chi connectivity index (χ1n) is 12.1. The quantitative estimate of drug-likeness (QED) is 0.494. The molecule has 7 heteroatoms. The summed E-state index contributed by atoms with van der Waals surface area (Å²) in [6.45, 7) is 5.22. The Hall–Kier alpha value is -2.69. The van der Waals surface area contributed by atoms with E-state index in [-0.39, 0.29) is 17.7 Å². The third-order valence-corrected chi connectivity index (χ3v) is 9.22. The summed E-state index contributed by atoms with van der Waals surface area (Å²) in [7, 11) is 0.492. The number of imidazole rings is 1. The zero-order chi connectivity index (χ0) is 23.7. The number of carbonyl (C=O) groups excluding carboxylic acids is 1. The Kier molecular flexibility index (Phi) is 6.71. The second kappa shape index (κ2) is 9.89. The van der Waals surface area contributed by atoms with Crippen LogP contribution in [0.15, 0.2) is 67.1 Å². The van der Waals surface area contributed by atoms with Crippen LogP contribution in [0.1, 0.15) is 38.3 Å². The first kappa shape index (κ1) is 23.1. The number of rotatable bonds is 4. The minimum atomic E-state index is -0.441. The summed E-state index contributed by atoms with van der Waals surface area (Å²) >= 11 is 0. The number of hydrogen-bond acceptors (Lipinski definition) is 3. The zero-order valence-corrected chi connectivity index (χ0v) is 20.8. The van der Waals surface area contributed by atoms with Crippen LogP contribution in [0.4, 0.5) is 10.5 Å². The van der Waals surface area contributed by atoms with Gasteiger partial charge in [0.05, 0.1) is 30.4 Å². The van der Waals surface area contributed by atoms with Gasteiger partial charge in [-0.3, -0.25) is 0 Å². The molecule has 0 saturated carbocycles. The van der Waals surface area contributed by atoms with Gasteiger partial charge in [0.1, 0.15) is 0 Å². The van der Waals surface area contributed by atoms with Gasteiger partial charge in [-0.25, -0.2) is 9.78 Å². The van der Waals surface area contributed by atoms with E-state index < -0.39 is 6.10 Å². The summed E-state index contributed by atoms with van der Waals surface area (Å²) in [6.07, 6.45) is 5.69. The van der Waals surface area contributed by atoms with Crippen LogP contribution >= 0.6 is 8.58 Å². The molecule has 1 saturated heterocycles. The number of fused-ring (bicyclic) bond motifs is 3. The van der Waals surface area contributed by atoms with E-state index in [0.29, 0.717) is 33.1 Å². The van der Waals surface area contributed by atoms with Crippen LogP contribution in [-0.4, -0.2) is 50.2 Å². The molecule has 2 amide bonds. The minimum Gasteiger partial charge on any atom is -0.392 e. The third kappa shape index (κ3) is 4.62. The van der Waals surface area contributed by atoms with Crippen LogP contribution in [0.3, 0.4) is 0 Å². The van der Waals surface area contributed by atoms with Gasteiger partial charge in [0.2, 0.25) is 0 Å². The SMILES string of the molecule is CC1CC(C)C(C(O)CC2c3ccccc3-c3cncn32)PCN(C(=O)Nc2ccccc2)C1. The fourth-order valence-electron chi connectivity index (χ4n) is 5.66. The number of hydrogen-bond donors (Lipinski definition) is 2. The molecule has 2 N–H and O–H groups in total. The van der Waals surface area contributed by atoms with Gasteiger partial charge in [0.25, 0.3) is 0 Å². The van der Waals surface area contributed by atoms with Crippen molar-refractivity contribution in [1.29, 1.82) is 0 Å². The van der Waals surface area contributed by atoms with Crippen LogP contribution in [0.2, 0.25) is 0 Å². The lowest BCUT2D eigenvalue weighted by Crippen LogP contribution is -2.42. The Balaban J connectivity index is 1.30. The number of aliphatic hydroxyl groups excluding tert-OH is 1. The minimum absolute atomic E-state index is 0.0545. The van der Waals surface area contributed by atoms with Gasteiger partial charge >= 0.3 is 6.03 Å². The highest BCUT2D eigenvalue weighted by atomic mass is 31.1. The predicted molar refractivity (Wildman–Crippen MR) is 139 cm³/mol. The maximum atomic E-state index is 13.0. The summed E-state index contributed by atoms with van der Waals surface area (Å²) < 4.78 is 2.20. The van der Waals surface area contributed by atoms with Crippen LogP contribution in [0.25, 0.3) is 11.3 Å². The second-order valence-corrected chi connectivity index (χ2v) is 11.2. The molecular formula is C27H33N4O2P. The van der Waals surface area contributed by atoms with Gasteiger partial charge in [-0.2, -0.15) is 0 Å². The number of anilines is 1. The van der Waals surface area contributed by atoms with Crippen molar-refractivity contribution < 1.29 is 9.90 Å². The van der Waals surface area contributed by atoms with Crippen molar-refractivity contribution in [2.75, 3.05) is 18.1 Å². The highest BCUT2D eigenvalue weighted by molar-refractivity contribution is 7.38. The molecule has 3 heterocycles. The summed E-state index contributed by atoms with van der Waals surface area (Å²) in [4.78, 5) is 19.3. The molecule has 2 aliphatic rings. The number of aliphatic hydroxyl groups is 1. The molecule has 0 spiro atoms. The van der Waals surface area contributed by atoms with E-state index in [2.05, 4.69) is 53.0 Å². The molecule has 2 aromatic carbocycles. The van der Waals surface area contributed by atoms with Gasteiger partial charge in [-0.15, -0.1) is 0 Å². The molecule has 0 aliphatic carbocycles. The van der Waals surface area contributed by atoms with E-state index in [4.69, 9.17) is 0 Å². The number of benzene rings is 2. The molecule has 6 unspecified atom stereocenters. The van der Waals surface area contributed by atoms with Gasteiger partial charge in [-0.1, -0.05) is 64.9 Å². The number of amides is 2. The molecule has 6 nitrogen and oxygen atoms in total. The summed E-state index contributed by atoms with van der Waals surface area (Å²) in [5, 5.41) is 14.5. The van der Waals surface area contributed by atoms with E-state index in [1.54, 1.807) is 0 Å². The monoisotopic (exact) mass is 476 g/mol. The van der Waals surface area contributed by atoms with Crippen molar-refractivity contribution in [2.45, 2.75) is 44.5 Å². The highest BCUT2D eigenvalue weighted by Crippen LogP contribution is 2.44. The van der Waals surface area contributed by atoms with Crippen LogP contribution in [-0.2, 0) is 0 Å². The molecule has 1 fully saturated rings. The first-order valence-corrected chi connectivity index (χ1v) is 13.4. The summed E-state index contributed by atoms with van der Waals surface area (Å²) in [5.41, 5.74) is 4.57. The highest BCUT2D eigenvalue weighted by Gasteiger charge is 2.35. The topological polar surface area (TPSA) is 70.4 Å². The molecule has 34 heavy (non-hydrogen) atoms. The Morgan fingerprint density at radius 2 is 1.94 bits per heavy atom. The molecule has 6 atom stereocenters. The number of para-hydroxylation sites is 1. The van der Waals surface area contributed by atoms with E-state index >= 15 is 0 Å². The molecular weight excluding hydrogens is 443 g/mol. The van der Waals surface area contributed by atoms with Gasteiger partial charge in [0, 0.05) is 29.7 Å². The molecule has 5 rings (SSSR count). The normalized spacial score (nSPS) is 25.8. The smallest absolute Gasteiger partial charge is 0.322 e. The predicted octanol–water partition coefficient (Wildman–Crippen LogP) is 5.42. The molecule has 178 valence electrons. The molecule has 1 aromatic heterocycles. The maximum absolute atomic E-state index is 13.0. The zero-order valence-electron chi connectivity index (χ0n) is 19.8. The van der Waals surface area contributed by atoms with E-state index in [9.17, 15) is 9.90 Å². The Morgan fingerprint density at radius 1 is 1.18 bits per heavy atom. The largest absolute Gasteiger partial charge is 0.392 e. The van der Waals surface area contributed by atoms with Gasteiger partial charge in [0.15, 0.2) is 0 Å². The Labute approximate surface area is 203 Å². The average molecular weight is 477 g/mol. The van der Waals surface area contributed by atoms with Crippen molar-refractivity contribution in [1.82, 2.24) is 14.5 Å². The lowest BCUT2D eigenvalue weighted by molar-refractivity contribution is 0.120. The van der Waals surface area contributed by atoms with E-state index in [1.807, 2.05) is 47.8 Å². The Bertz CT molecular complexity index is 1130. The van der Waals surface area contributed by atoms with Gasteiger partial charge < -0.3 is 19.9 Å². The van der Waals surface area contributed by atoms with Crippen molar-refractivity contribution in [3.8, 4) is 11.3 Å². The summed E-state index contributed by atoms with van der Waals surface area (Å²) in [6, 6.07) is 18.1. The Morgan fingerprint density at radius 3 is 2.76 bits per heavy atom. The molecule has 0 bridgehead atoms. The van der Waals surface area contributed by atoms with Crippen LogP contribution < -0.4 is 5.32 Å². The van der Waals surface area contributed by atoms with Crippen molar-refractivity contribution in [3.63, 3.8) is 0 Å². The lowest BCUT2D eigenvalue weighted by atomic mass is 9.88. The van der Waals surface area contributed by atoms with E-state index in [1.165, 1.54) is 11.1 Å². The average Bonchev–Trinajstić information content (AvgIpc) is 3.40. The molecule has 3 aromatic rings. The lowest BCUT2D eigenvalue weighted by Gasteiger charge is -2.37. The van der Waals surface area contributed by atoms with Crippen molar-refractivity contribution in [3.05, 3.63) is 72.7 Å². The fraction of sp³-hybridized carbons (Fsp3) is 0.407. The van der Waals surface area contributed by atoms with Crippen LogP contribution in [0.5, 0.6) is 0 Å². The number of aromatic nitrogens is 2. The number of nitrogens with zero attached hydrogens (tertiary/aromatic N) is 3. The van der Waals surface area contributed by atoms with E-state index in [0.717, 1.165) is 24.3 Å². The molecule has 2 aliphatic heterocycles. The number of nitrogens with one attached hydrogen (secondary N) is 1.